The van der Waals surface area contributed by atoms with E-state index in [0.29, 0.717) is 5.56 Å². The van der Waals surface area contributed by atoms with Crippen LogP contribution < -0.4 is 10.6 Å². The molecular weight excluding hydrogens is 312 g/mol. The summed E-state index contributed by atoms with van der Waals surface area (Å²) in [7, 11) is 0. The second-order valence-corrected chi connectivity index (χ2v) is 8.49. The zero-order chi connectivity index (χ0) is 18.6. The quantitative estimate of drug-likeness (QED) is 0.873. The minimum absolute atomic E-state index is 0.0552. The number of carbonyl (C=O) groups excluding carboxylic acids is 2. The second-order valence-electron chi connectivity index (χ2n) is 8.49. The van der Waals surface area contributed by atoms with Crippen molar-refractivity contribution in [1.82, 2.24) is 10.6 Å². The molecule has 2 N–H and O–H groups in total. The van der Waals surface area contributed by atoms with Crippen LogP contribution in [0, 0.1) is 5.92 Å². The number of nitrogens with one attached hydrogen (secondary N) is 2. The number of hydrogen-bond donors (Lipinski definition) is 2. The van der Waals surface area contributed by atoms with E-state index in [2.05, 4.69) is 38.3 Å². The minimum Gasteiger partial charge on any atom is -0.352 e. The van der Waals surface area contributed by atoms with Crippen molar-refractivity contribution in [3.05, 3.63) is 35.4 Å². The molecule has 1 aliphatic rings. The van der Waals surface area contributed by atoms with Crippen LogP contribution in [0.1, 0.15) is 76.2 Å². The van der Waals surface area contributed by atoms with Gasteiger partial charge in [0.15, 0.2) is 0 Å². The van der Waals surface area contributed by atoms with Crippen molar-refractivity contribution < 1.29 is 9.59 Å². The third-order valence-corrected chi connectivity index (χ3v) is 5.12. The zero-order valence-electron chi connectivity index (χ0n) is 16.2. The third-order valence-electron chi connectivity index (χ3n) is 5.12. The molecule has 1 atom stereocenters. The van der Waals surface area contributed by atoms with E-state index in [-0.39, 0.29) is 23.3 Å². The first-order valence-corrected chi connectivity index (χ1v) is 9.38. The van der Waals surface area contributed by atoms with Gasteiger partial charge in [-0.1, -0.05) is 39.8 Å². The van der Waals surface area contributed by atoms with E-state index >= 15 is 0 Å². The van der Waals surface area contributed by atoms with E-state index in [1.807, 2.05) is 24.3 Å². The van der Waals surface area contributed by atoms with Gasteiger partial charge in [-0.05, 0) is 61.6 Å². The van der Waals surface area contributed by atoms with Crippen molar-refractivity contribution in [1.29, 1.82) is 0 Å². The second kappa shape index (κ2) is 8.03. The van der Waals surface area contributed by atoms with Crippen LogP contribution in [0.4, 0.5) is 0 Å². The van der Waals surface area contributed by atoms with Gasteiger partial charge in [0.2, 0.25) is 5.91 Å². The van der Waals surface area contributed by atoms with Crippen LogP contribution >= 0.6 is 0 Å². The molecule has 138 valence electrons. The predicted molar refractivity (Wildman–Crippen MR) is 102 cm³/mol. The molecule has 0 saturated heterocycles. The Morgan fingerprint density at radius 3 is 2.12 bits per heavy atom. The van der Waals surface area contributed by atoms with Gasteiger partial charge in [0, 0.05) is 11.6 Å². The molecule has 1 aliphatic carbocycles. The molecule has 1 unspecified atom stereocenters. The van der Waals surface area contributed by atoms with Crippen molar-refractivity contribution in [2.24, 2.45) is 5.92 Å². The van der Waals surface area contributed by atoms with Crippen LogP contribution in [0.15, 0.2) is 24.3 Å². The van der Waals surface area contributed by atoms with Crippen molar-refractivity contribution >= 4 is 11.8 Å². The van der Waals surface area contributed by atoms with Gasteiger partial charge >= 0.3 is 0 Å². The van der Waals surface area contributed by atoms with Crippen molar-refractivity contribution in [3.8, 4) is 0 Å². The molecule has 1 saturated carbocycles. The molecule has 2 amide bonds. The van der Waals surface area contributed by atoms with E-state index in [9.17, 15) is 9.59 Å². The van der Waals surface area contributed by atoms with Gasteiger partial charge in [0.1, 0.15) is 6.04 Å². The van der Waals surface area contributed by atoms with Gasteiger partial charge in [0.05, 0.1) is 0 Å². The monoisotopic (exact) mass is 344 g/mol. The number of benzene rings is 1. The lowest BCUT2D eigenvalue weighted by atomic mass is 9.86. The van der Waals surface area contributed by atoms with Crippen molar-refractivity contribution in [2.45, 2.75) is 77.8 Å². The number of hydrogen-bond acceptors (Lipinski definition) is 2. The standard InChI is InChI=1S/C21H32N2O2/c1-14-6-12-18(13-7-14)23-19(24)15(2)22-20(25)16-8-10-17(11-9-16)21(3,4)5/h8-11,14-15,18H,6-7,12-13H2,1-5H3,(H,22,25)(H,23,24). The molecule has 0 spiro atoms. The summed E-state index contributed by atoms with van der Waals surface area (Å²) >= 11 is 0. The molecule has 0 bridgehead atoms. The molecule has 1 fully saturated rings. The van der Waals surface area contributed by atoms with Crippen LogP contribution in [0.3, 0.4) is 0 Å². The topological polar surface area (TPSA) is 58.2 Å². The average molecular weight is 344 g/mol. The van der Waals surface area contributed by atoms with Crippen LogP contribution in [0.2, 0.25) is 0 Å². The molecular formula is C21H32N2O2. The van der Waals surface area contributed by atoms with E-state index in [1.165, 1.54) is 5.56 Å². The zero-order valence-corrected chi connectivity index (χ0v) is 16.2. The fourth-order valence-electron chi connectivity index (χ4n) is 3.20. The maximum absolute atomic E-state index is 12.4. The van der Waals surface area contributed by atoms with E-state index in [1.54, 1.807) is 6.92 Å². The Balaban J connectivity index is 1.87. The smallest absolute Gasteiger partial charge is 0.251 e. The average Bonchev–Trinajstić information content (AvgIpc) is 2.56. The fraction of sp³-hybridized carbons (Fsp3) is 0.619. The van der Waals surface area contributed by atoms with Gasteiger partial charge in [-0.3, -0.25) is 9.59 Å². The molecule has 0 radical (unpaired) electrons. The van der Waals surface area contributed by atoms with Crippen molar-refractivity contribution in [3.63, 3.8) is 0 Å². The minimum atomic E-state index is -0.533. The van der Waals surface area contributed by atoms with Gasteiger partial charge in [-0.2, -0.15) is 0 Å². The largest absolute Gasteiger partial charge is 0.352 e. The van der Waals surface area contributed by atoms with E-state index < -0.39 is 6.04 Å². The molecule has 4 heteroatoms. The summed E-state index contributed by atoms with van der Waals surface area (Å²) in [6.07, 6.45) is 4.38. The summed E-state index contributed by atoms with van der Waals surface area (Å²) in [5, 5.41) is 5.87. The maximum atomic E-state index is 12.4. The molecule has 4 nitrogen and oxygen atoms in total. The highest BCUT2D eigenvalue weighted by Crippen LogP contribution is 2.24. The normalized spacial score (nSPS) is 22.1. The third kappa shape index (κ3) is 5.58. The lowest BCUT2D eigenvalue weighted by Gasteiger charge is -2.28. The predicted octanol–water partition coefficient (Wildman–Crippen LogP) is 3.80. The maximum Gasteiger partial charge on any atom is 0.251 e. The van der Waals surface area contributed by atoms with Gasteiger partial charge in [-0.25, -0.2) is 0 Å². The highest BCUT2D eigenvalue weighted by Gasteiger charge is 2.23. The summed E-state index contributed by atoms with van der Waals surface area (Å²) in [5.74, 6) is 0.445. The number of rotatable bonds is 4. The summed E-state index contributed by atoms with van der Waals surface area (Å²) in [5.41, 5.74) is 1.82. The summed E-state index contributed by atoms with van der Waals surface area (Å²) < 4.78 is 0. The van der Waals surface area contributed by atoms with Crippen LogP contribution in [-0.4, -0.2) is 23.9 Å². The SMILES string of the molecule is CC1CCC(NC(=O)C(C)NC(=O)c2ccc(C(C)(C)C)cc2)CC1. The van der Waals surface area contributed by atoms with Crippen molar-refractivity contribution in [2.75, 3.05) is 0 Å². The molecule has 2 rings (SSSR count). The Kier molecular flexibility index (Phi) is 6.26. The van der Waals surface area contributed by atoms with Crippen LogP contribution in [0.5, 0.6) is 0 Å². The highest BCUT2D eigenvalue weighted by atomic mass is 16.2. The molecule has 25 heavy (non-hydrogen) atoms. The highest BCUT2D eigenvalue weighted by molar-refractivity contribution is 5.97. The first-order valence-electron chi connectivity index (χ1n) is 9.38. The number of carbonyl (C=O) groups is 2. The Hall–Kier alpha value is -1.84. The first kappa shape index (κ1) is 19.5. The molecule has 1 aromatic rings. The van der Waals surface area contributed by atoms with E-state index in [0.717, 1.165) is 31.6 Å². The van der Waals surface area contributed by atoms with Gasteiger partial charge in [0.25, 0.3) is 5.91 Å². The lowest BCUT2D eigenvalue weighted by molar-refractivity contribution is -0.123. The first-order chi connectivity index (χ1) is 11.7. The Labute approximate surface area is 151 Å². The molecule has 0 aromatic heterocycles. The van der Waals surface area contributed by atoms with Gasteiger partial charge in [-0.15, -0.1) is 0 Å². The van der Waals surface area contributed by atoms with E-state index in [4.69, 9.17) is 0 Å². The summed E-state index contributed by atoms with van der Waals surface area (Å²) in [6.45, 7) is 10.4. The molecule has 0 aliphatic heterocycles. The molecule has 0 heterocycles. The fourth-order valence-corrected chi connectivity index (χ4v) is 3.20. The summed E-state index contributed by atoms with van der Waals surface area (Å²) in [4.78, 5) is 24.7. The van der Waals surface area contributed by atoms with Crippen LogP contribution in [0.25, 0.3) is 0 Å². The Morgan fingerprint density at radius 2 is 1.60 bits per heavy atom. The Morgan fingerprint density at radius 1 is 1.04 bits per heavy atom. The van der Waals surface area contributed by atoms with Gasteiger partial charge < -0.3 is 10.6 Å². The Bertz CT molecular complexity index is 593. The summed E-state index contributed by atoms with van der Waals surface area (Å²) in [6, 6.07) is 7.31. The lowest BCUT2D eigenvalue weighted by Crippen LogP contribution is -2.48. The number of amides is 2. The van der Waals surface area contributed by atoms with Crippen LogP contribution in [-0.2, 0) is 10.2 Å². The molecule has 1 aromatic carbocycles.